The molecule has 0 radical (unpaired) electrons. The van der Waals surface area contributed by atoms with Crippen molar-refractivity contribution in [3.8, 4) is 56.2 Å². The number of hydrogen-bond acceptors (Lipinski definition) is 3. The molecule has 54 heavy (non-hydrogen) atoms. The minimum atomic E-state index is -0.116. The Morgan fingerprint density at radius 2 is 1.07 bits per heavy atom. The summed E-state index contributed by atoms with van der Waals surface area (Å²) in [6.45, 7) is 4.72. The summed E-state index contributed by atoms with van der Waals surface area (Å²) >= 11 is 0. The van der Waals surface area contributed by atoms with Gasteiger partial charge in [-0.2, -0.15) is 0 Å². The number of hydrogen-bond donors (Lipinski definition) is 0. The van der Waals surface area contributed by atoms with Crippen LogP contribution in [0.2, 0.25) is 0 Å². The number of rotatable bonds is 4. The molecule has 0 amide bonds. The quantitative estimate of drug-likeness (QED) is 0.184. The summed E-state index contributed by atoms with van der Waals surface area (Å²) in [6.07, 6.45) is 0. The highest BCUT2D eigenvalue weighted by atomic mass is 16.3. The molecule has 11 rings (SSSR count). The van der Waals surface area contributed by atoms with Gasteiger partial charge in [-0.05, 0) is 79.2 Å². The molecule has 0 aliphatic heterocycles. The SMILES string of the molecule is CC1(C)c2cc(-c3ccc(-c4cc(-c5cccc6oc7ccccc7c56)nc(-c5ccccc5)n4)c4ccccc34)ccc2-c2c1ccc1ccccc21. The number of benzene rings is 8. The van der Waals surface area contributed by atoms with Gasteiger partial charge in [0.15, 0.2) is 5.82 Å². The molecular weight excluding hydrogens is 657 g/mol. The predicted molar refractivity (Wildman–Crippen MR) is 224 cm³/mol. The van der Waals surface area contributed by atoms with Gasteiger partial charge in [0.2, 0.25) is 0 Å². The first kappa shape index (κ1) is 30.8. The molecule has 0 fully saturated rings. The third-order valence-corrected chi connectivity index (χ3v) is 11.5. The van der Waals surface area contributed by atoms with Crippen LogP contribution in [0.1, 0.15) is 25.0 Å². The third-order valence-electron chi connectivity index (χ3n) is 11.5. The molecule has 1 aliphatic rings. The Bertz CT molecular complexity index is 3130. The Morgan fingerprint density at radius 1 is 0.426 bits per heavy atom. The summed E-state index contributed by atoms with van der Waals surface area (Å²) in [5.74, 6) is 0.689. The van der Waals surface area contributed by atoms with Crippen LogP contribution in [0.15, 0.2) is 174 Å². The van der Waals surface area contributed by atoms with Crippen LogP contribution < -0.4 is 0 Å². The third kappa shape index (κ3) is 4.55. The van der Waals surface area contributed by atoms with E-state index in [1.165, 1.54) is 49.5 Å². The van der Waals surface area contributed by atoms with Gasteiger partial charge in [-0.3, -0.25) is 0 Å². The van der Waals surface area contributed by atoms with Crippen molar-refractivity contribution in [2.45, 2.75) is 19.3 Å². The smallest absolute Gasteiger partial charge is 0.160 e. The Hall–Kier alpha value is -6.84. The van der Waals surface area contributed by atoms with Crippen molar-refractivity contribution in [3.05, 3.63) is 181 Å². The topological polar surface area (TPSA) is 38.9 Å². The molecule has 0 spiro atoms. The summed E-state index contributed by atoms with van der Waals surface area (Å²) in [6, 6.07) is 60.5. The van der Waals surface area contributed by atoms with Crippen LogP contribution in [0.3, 0.4) is 0 Å². The maximum atomic E-state index is 6.29. The zero-order valence-corrected chi connectivity index (χ0v) is 30.0. The lowest BCUT2D eigenvalue weighted by Crippen LogP contribution is -2.15. The highest BCUT2D eigenvalue weighted by Gasteiger charge is 2.36. The van der Waals surface area contributed by atoms with Gasteiger partial charge < -0.3 is 4.42 Å². The first-order chi connectivity index (χ1) is 26.5. The van der Waals surface area contributed by atoms with Gasteiger partial charge in [0.1, 0.15) is 11.2 Å². The van der Waals surface area contributed by atoms with Gasteiger partial charge in [0, 0.05) is 32.9 Å². The lowest BCUT2D eigenvalue weighted by molar-refractivity contribution is 0.661. The lowest BCUT2D eigenvalue weighted by atomic mass is 9.81. The molecule has 1 aliphatic carbocycles. The Balaban J connectivity index is 1.10. The molecule has 2 heterocycles. The minimum Gasteiger partial charge on any atom is -0.456 e. The molecule has 0 saturated heterocycles. The van der Waals surface area contributed by atoms with Crippen LogP contribution >= 0.6 is 0 Å². The number of furan rings is 1. The average molecular weight is 691 g/mol. The van der Waals surface area contributed by atoms with Crippen LogP contribution in [-0.4, -0.2) is 9.97 Å². The van der Waals surface area contributed by atoms with E-state index in [4.69, 9.17) is 14.4 Å². The number of aromatic nitrogens is 2. The Morgan fingerprint density at radius 3 is 1.91 bits per heavy atom. The Kier molecular flexibility index (Phi) is 6.60. The minimum absolute atomic E-state index is 0.116. The molecule has 3 heteroatoms. The fourth-order valence-corrected chi connectivity index (χ4v) is 8.88. The Labute approximate surface area is 313 Å². The number of fused-ring (bicyclic) bond motifs is 9. The van der Waals surface area contributed by atoms with Gasteiger partial charge in [0.25, 0.3) is 0 Å². The molecule has 254 valence electrons. The second-order valence-corrected chi connectivity index (χ2v) is 14.9. The van der Waals surface area contributed by atoms with Gasteiger partial charge in [0.05, 0.1) is 11.4 Å². The van der Waals surface area contributed by atoms with Gasteiger partial charge in [-0.1, -0.05) is 159 Å². The van der Waals surface area contributed by atoms with E-state index >= 15 is 0 Å². The lowest BCUT2D eigenvalue weighted by Gasteiger charge is -2.22. The molecule has 0 unspecified atom stereocenters. The summed E-state index contributed by atoms with van der Waals surface area (Å²) in [7, 11) is 0. The van der Waals surface area contributed by atoms with Crippen molar-refractivity contribution in [2.24, 2.45) is 0 Å². The molecule has 10 aromatic rings. The normalized spacial score (nSPS) is 13.1. The molecule has 3 nitrogen and oxygen atoms in total. The standard InChI is InChI=1S/C51H34N2O/c1-51(2)42-28-24-31-13-6-7-16-35(31)48(42)39-25-23-33(29-43(39)51)34-26-27-38(37-18-9-8-17-36(34)37)44-30-45(53-50(52-44)32-14-4-3-5-15-32)40-20-12-22-47-49(40)41-19-10-11-21-46(41)54-47/h3-30H,1-2H3. The van der Waals surface area contributed by atoms with Crippen LogP contribution in [-0.2, 0) is 5.41 Å². The van der Waals surface area contributed by atoms with E-state index < -0.39 is 0 Å². The van der Waals surface area contributed by atoms with Crippen molar-refractivity contribution in [3.63, 3.8) is 0 Å². The second kappa shape index (κ2) is 11.6. The monoisotopic (exact) mass is 690 g/mol. The van der Waals surface area contributed by atoms with E-state index in [9.17, 15) is 0 Å². The first-order valence-corrected chi connectivity index (χ1v) is 18.6. The zero-order valence-electron chi connectivity index (χ0n) is 30.0. The molecule has 0 bridgehead atoms. The largest absolute Gasteiger partial charge is 0.456 e. The number of para-hydroxylation sites is 1. The van der Waals surface area contributed by atoms with E-state index in [-0.39, 0.29) is 5.41 Å². The highest BCUT2D eigenvalue weighted by molar-refractivity contribution is 6.12. The molecule has 0 N–H and O–H groups in total. The molecular formula is C51H34N2O. The van der Waals surface area contributed by atoms with Crippen molar-refractivity contribution in [1.29, 1.82) is 0 Å². The van der Waals surface area contributed by atoms with E-state index in [1.807, 2.05) is 42.5 Å². The molecule has 0 saturated carbocycles. The maximum Gasteiger partial charge on any atom is 0.160 e. The van der Waals surface area contributed by atoms with Gasteiger partial charge in [-0.15, -0.1) is 0 Å². The van der Waals surface area contributed by atoms with Crippen LogP contribution in [0.4, 0.5) is 0 Å². The van der Waals surface area contributed by atoms with E-state index in [2.05, 4.69) is 141 Å². The fourth-order valence-electron chi connectivity index (χ4n) is 8.88. The van der Waals surface area contributed by atoms with Crippen molar-refractivity contribution < 1.29 is 4.42 Å². The highest BCUT2D eigenvalue weighted by Crippen LogP contribution is 2.52. The average Bonchev–Trinajstić information content (AvgIpc) is 3.72. The fraction of sp³-hybridized carbons (Fsp3) is 0.0588. The predicted octanol–water partition coefficient (Wildman–Crippen LogP) is 13.7. The molecule has 2 aromatic heterocycles. The summed E-state index contributed by atoms with van der Waals surface area (Å²) in [5.41, 5.74) is 14.3. The van der Waals surface area contributed by atoms with E-state index in [1.54, 1.807) is 0 Å². The van der Waals surface area contributed by atoms with Gasteiger partial charge >= 0.3 is 0 Å². The summed E-state index contributed by atoms with van der Waals surface area (Å²) in [4.78, 5) is 10.5. The zero-order chi connectivity index (χ0) is 36.0. The summed E-state index contributed by atoms with van der Waals surface area (Å²) in [5, 5.41) is 7.09. The number of nitrogens with zero attached hydrogens (tertiary/aromatic N) is 2. The second-order valence-electron chi connectivity index (χ2n) is 14.9. The summed E-state index contributed by atoms with van der Waals surface area (Å²) < 4.78 is 6.29. The van der Waals surface area contributed by atoms with Crippen molar-refractivity contribution >= 4 is 43.5 Å². The van der Waals surface area contributed by atoms with Crippen LogP contribution in [0.25, 0.3) is 99.6 Å². The van der Waals surface area contributed by atoms with Crippen LogP contribution in [0, 0.1) is 0 Å². The van der Waals surface area contributed by atoms with Gasteiger partial charge in [-0.25, -0.2) is 9.97 Å². The van der Waals surface area contributed by atoms with Crippen LogP contribution in [0.5, 0.6) is 0 Å². The molecule has 8 aromatic carbocycles. The van der Waals surface area contributed by atoms with E-state index in [0.29, 0.717) is 5.82 Å². The first-order valence-electron chi connectivity index (χ1n) is 18.6. The van der Waals surface area contributed by atoms with Crippen molar-refractivity contribution in [2.75, 3.05) is 0 Å². The maximum absolute atomic E-state index is 6.29. The molecule has 0 atom stereocenters. The van der Waals surface area contributed by atoms with Crippen molar-refractivity contribution in [1.82, 2.24) is 9.97 Å². The van der Waals surface area contributed by atoms with E-state index in [0.717, 1.165) is 55.4 Å².